The van der Waals surface area contributed by atoms with Gasteiger partial charge in [-0.15, -0.1) is 11.3 Å². The lowest BCUT2D eigenvalue weighted by Gasteiger charge is -2.25. The second-order valence-corrected chi connectivity index (χ2v) is 8.28. The third-order valence-electron chi connectivity index (χ3n) is 5.34. The van der Waals surface area contributed by atoms with Crippen molar-refractivity contribution in [1.82, 2.24) is 0 Å². The first-order valence-electron chi connectivity index (χ1n) is 9.98. The van der Waals surface area contributed by atoms with Gasteiger partial charge in [-0.3, -0.25) is 4.79 Å². The van der Waals surface area contributed by atoms with E-state index < -0.39 is 18.5 Å². The summed E-state index contributed by atoms with van der Waals surface area (Å²) >= 11 is 1.17. The Kier molecular flexibility index (Phi) is 7.58. The van der Waals surface area contributed by atoms with E-state index >= 15 is 0 Å². The van der Waals surface area contributed by atoms with Crippen LogP contribution in [0, 0.1) is 0 Å². The van der Waals surface area contributed by atoms with Gasteiger partial charge in [-0.2, -0.15) is 8.78 Å². The van der Waals surface area contributed by atoms with Crippen LogP contribution < -0.4 is 10.1 Å². The number of hydrogen-bond acceptors (Lipinski definition) is 4. The smallest absolute Gasteiger partial charge is 0.387 e. The molecular formula is C24H23F2NO4S. The molecular weight excluding hydrogens is 436 g/mol. The molecule has 1 heterocycles. The summed E-state index contributed by atoms with van der Waals surface area (Å²) in [6, 6.07) is 5.20. The first-order chi connectivity index (χ1) is 15.3. The van der Waals surface area contributed by atoms with Gasteiger partial charge in [0, 0.05) is 5.56 Å². The van der Waals surface area contributed by atoms with Gasteiger partial charge in [0.2, 0.25) is 0 Å². The zero-order valence-electron chi connectivity index (χ0n) is 17.4. The highest BCUT2D eigenvalue weighted by atomic mass is 32.1. The zero-order valence-corrected chi connectivity index (χ0v) is 18.3. The second-order valence-electron chi connectivity index (χ2n) is 7.40. The molecule has 0 spiro atoms. The summed E-state index contributed by atoms with van der Waals surface area (Å²) in [4.78, 5) is 24.6. The van der Waals surface area contributed by atoms with Gasteiger partial charge in [0.1, 0.15) is 10.8 Å². The van der Waals surface area contributed by atoms with Crippen LogP contribution in [0.2, 0.25) is 0 Å². The van der Waals surface area contributed by atoms with E-state index in [1.54, 1.807) is 11.5 Å². The fourth-order valence-corrected chi connectivity index (χ4v) is 4.80. The van der Waals surface area contributed by atoms with Crippen molar-refractivity contribution in [2.45, 2.75) is 38.7 Å². The van der Waals surface area contributed by atoms with Crippen molar-refractivity contribution in [3.05, 3.63) is 82.3 Å². The van der Waals surface area contributed by atoms with E-state index in [-0.39, 0.29) is 27.8 Å². The lowest BCUT2D eigenvalue weighted by atomic mass is 9.80. The Morgan fingerprint density at radius 3 is 2.62 bits per heavy atom. The van der Waals surface area contributed by atoms with Gasteiger partial charge in [0.15, 0.2) is 0 Å². The number of carboxylic acids is 1. The number of thiophene rings is 1. The van der Waals surface area contributed by atoms with E-state index in [1.165, 1.54) is 46.7 Å². The van der Waals surface area contributed by atoms with Crippen LogP contribution in [-0.4, -0.2) is 23.6 Å². The summed E-state index contributed by atoms with van der Waals surface area (Å²) in [7, 11) is 0. The van der Waals surface area contributed by atoms with Crippen LogP contribution in [0.4, 0.5) is 13.8 Å². The molecule has 3 rings (SSSR count). The van der Waals surface area contributed by atoms with Gasteiger partial charge in [-0.05, 0) is 72.9 Å². The van der Waals surface area contributed by atoms with Crippen molar-refractivity contribution in [1.29, 1.82) is 0 Å². The maximum atomic E-state index is 12.6. The van der Waals surface area contributed by atoms with E-state index in [2.05, 4.69) is 16.6 Å². The molecule has 1 atom stereocenters. The molecule has 2 aromatic rings. The number of alkyl halides is 2. The van der Waals surface area contributed by atoms with Gasteiger partial charge in [-0.1, -0.05) is 30.4 Å². The van der Waals surface area contributed by atoms with Crippen molar-refractivity contribution < 1.29 is 28.2 Å². The average molecular weight is 460 g/mol. The van der Waals surface area contributed by atoms with Crippen LogP contribution in [0.25, 0.3) is 0 Å². The summed E-state index contributed by atoms with van der Waals surface area (Å²) in [5.74, 6) is -1.64. The van der Waals surface area contributed by atoms with Crippen molar-refractivity contribution >= 4 is 28.2 Å². The molecule has 1 aliphatic carbocycles. The monoisotopic (exact) mass is 459 g/mol. The highest BCUT2D eigenvalue weighted by Gasteiger charge is 2.28. The Labute approximate surface area is 188 Å². The summed E-state index contributed by atoms with van der Waals surface area (Å²) in [5, 5.41) is 14.5. The van der Waals surface area contributed by atoms with E-state index in [0.717, 1.165) is 19.3 Å². The number of carbonyl (C=O) groups is 2. The Hall–Kier alpha value is -3.26. The zero-order chi connectivity index (χ0) is 23.3. The van der Waals surface area contributed by atoms with Crippen molar-refractivity contribution in [2.24, 2.45) is 0 Å². The number of allylic oxidation sites excluding steroid dienone is 5. The Bertz CT molecular complexity index is 1070. The Balaban J connectivity index is 1.79. The molecule has 0 saturated carbocycles. The number of carboxylic acid groups (broad SMARTS) is 1. The van der Waals surface area contributed by atoms with Gasteiger partial charge in [-0.25, -0.2) is 4.79 Å². The molecule has 1 aromatic carbocycles. The maximum absolute atomic E-state index is 12.6. The minimum atomic E-state index is -2.95. The molecule has 168 valence electrons. The number of nitrogens with one attached hydrogen (secondary N) is 1. The number of amides is 1. The molecule has 2 N–H and O–H groups in total. The van der Waals surface area contributed by atoms with Crippen molar-refractivity contribution in [3.63, 3.8) is 0 Å². The molecule has 0 aliphatic heterocycles. The van der Waals surface area contributed by atoms with E-state index in [4.69, 9.17) is 0 Å². The Morgan fingerprint density at radius 2 is 2.03 bits per heavy atom. The lowest BCUT2D eigenvalue weighted by molar-refractivity contribution is -0.0498. The molecule has 32 heavy (non-hydrogen) atoms. The molecule has 1 amide bonds. The largest absolute Gasteiger partial charge is 0.478 e. The highest BCUT2D eigenvalue weighted by molar-refractivity contribution is 7.15. The number of ether oxygens (including phenoxy) is 1. The molecule has 0 fully saturated rings. The van der Waals surface area contributed by atoms with Crippen molar-refractivity contribution in [2.75, 3.05) is 5.32 Å². The topological polar surface area (TPSA) is 75.6 Å². The van der Waals surface area contributed by atoms with Gasteiger partial charge < -0.3 is 15.2 Å². The van der Waals surface area contributed by atoms with Gasteiger partial charge in [0.25, 0.3) is 5.91 Å². The normalized spacial score (nSPS) is 16.4. The van der Waals surface area contributed by atoms with Crippen LogP contribution in [-0.2, 0) is 0 Å². The van der Waals surface area contributed by atoms with Crippen molar-refractivity contribution in [3.8, 4) is 5.75 Å². The van der Waals surface area contributed by atoms with Gasteiger partial charge >= 0.3 is 12.6 Å². The molecule has 1 aromatic heterocycles. The first-order valence-corrected chi connectivity index (χ1v) is 10.9. The number of hydrogen-bond donors (Lipinski definition) is 2. The molecule has 1 aliphatic rings. The Morgan fingerprint density at radius 1 is 1.31 bits per heavy atom. The lowest BCUT2D eigenvalue weighted by Crippen LogP contribution is -2.15. The van der Waals surface area contributed by atoms with Crippen LogP contribution in [0.3, 0.4) is 0 Å². The van der Waals surface area contributed by atoms with Crippen LogP contribution in [0.15, 0.2) is 65.6 Å². The number of anilines is 1. The van der Waals surface area contributed by atoms with E-state index in [0.29, 0.717) is 5.56 Å². The molecule has 5 nitrogen and oxygen atoms in total. The number of halogens is 2. The third kappa shape index (κ3) is 5.50. The summed E-state index contributed by atoms with van der Waals surface area (Å²) in [5.41, 5.74) is 3.46. The van der Waals surface area contributed by atoms with Crippen LogP contribution >= 0.6 is 11.3 Å². The molecule has 8 heteroatoms. The number of aromatic carboxylic acids is 1. The first kappa shape index (κ1) is 23.4. The average Bonchev–Trinajstić information content (AvgIpc) is 3.16. The summed E-state index contributed by atoms with van der Waals surface area (Å²) < 4.78 is 28.8. The minimum Gasteiger partial charge on any atom is -0.478 e. The second kappa shape index (κ2) is 10.4. The van der Waals surface area contributed by atoms with E-state index in [9.17, 15) is 23.5 Å². The molecule has 1 unspecified atom stereocenters. The standard InChI is InChI=1S/C24H23F2NO4S/c1-3-4-5-15-6-7-17(12-14(15)2)19-13-32-22(20(19)23(29)30)27-21(28)16-8-10-18(11-9-16)31-24(25)26/h3-5,8-11,13,17,24H,1,6-7,12H2,2H3,(H,27,28)(H,29,30)/b5-4-. The third-order valence-corrected chi connectivity index (χ3v) is 6.25. The highest BCUT2D eigenvalue weighted by Crippen LogP contribution is 2.42. The van der Waals surface area contributed by atoms with Gasteiger partial charge in [0.05, 0.1) is 5.56 Å². The van der Waals surface area contributed by atoms with E-state index in [1.807, 2.05) is 19.1 Å². The van der Waals surface area contributed by atoms with Crippen LogP contribution in [0.1, 0.15) is 58.4 Å². The SMILES string of the molecule is C=C/C=C\C1=C(C)CC(c2csc(NC(=O)c3ccc(OC(F)F)cc3)c2C(=O)O)CC1. The molecule has 0 radical (unpaired) electrons. The number of rotatable bonds is 8. The van der Waals surface area contributed by atoms with Crippen LogP contribution in [0.5, 0.6) is 5.75 Å². The molecule has 0 bridgehead atoms. The fourth-order valence-electron chi connectivity index (χ4n) is 3.77. The minimum absolute atomic E-state index is 0.0506. The number of benzene rings is 1. The fraction of sp³-hybridized carbons (Fsp3) is 0.250. The number of carbonyl (C=O) groups excluding carboxylic acids is 1. The quantitative estimate of drug-likeness (QED) is 0.435. The summed E-state index contributed by atoms with van der Waals surface area (Å²) in [6.07, 6.45) is 8.04. The predicted octanol–water partition coefficient (Wildman–Crippen LogP) is 6.63. The summed E-state index contributed by atoms with van der Waals surface area (Å²) in [6.45, 7) is 2.78. The molecule has 0 saturated heterocycles. The maximum Gasteiger partial charge on any atom is 0.387 e. The predicted molar refractivity (Wildman–Crippen MR) is 121 cm³/mol.